The van der Waals surface area contributed by atoms with Gasteiger partial charge >= 0.3 is 6.03 Å². The molecule has 0 bridgehead atoms. The predicted octanol–water partition coefficient (Wildman–Crippen LogP) is 6.70. The first-order chi connectivity index (χ1) is 17.1. The molecule has 3 heterocycles. The lowest BCUT2D eigenvalue weighted by molar-refractivity contribution is 0.194. The number of methoxy groups -OCH3 is 1. The first-order valence-corrected chi connectivity index (χ1v) is 12.7. The molecule has 0 spiro atoms. The van der Waals surface area contributed by atoms with E-state index in [0.29, 0.717) is 12.2 Å². The Morgan fingerprint density at radius 2 is 1.80 bits per heavy atom. The summed E-state index contributed by atoms with van der Waals surface area (Å²) in [6.07, 6.45) is 6.66. The number of hydrogen-bond acceptors (Lipinski definition) is 3. The Kier molecular flexibility index (Phi) is 5.57. The van der Waals surface area contributed by atoms with Gasteiger partial charge in [-0.1, -0.05) is 12.1 Å². The van der Waals surface area contributed by atoms with E-state index in [0.717, 1.165) is 29.8 Å². The summed E-state index contributed by atoms with van der Waals surface area (Å²) in [7, 11) is 1.65. The Morgan fingerprint density at radius 1 is 1.03 bits per heavy atom. The summed E-state index contributed by atoms with van der Waals surface area (Å²) >= 11 is 1.86. The Labute approximate surface area is 207 Å². The molecule has 5 nitrogen and oxygen atoms in total. The molecule has 2 aromatic heterocycles. The molecule has 6 rings (SSSR count). The second-order valence-corrected chi connectivity index (χ2v) is 10.1. The fourth-order valence-electron chi connectivity index (χ4n) is 5.25. The molecule has 178 valence electrons. The van der Waals surface area contributed by atoms with Crippen LogP contribution < -0.4 is 10.1 Å². The van der Waals surface area contributed by atoms with E-state index in [2.05, 4.69) is 28.2 Å². The van der Waals surface area contributed by atoms with Gasteiger partial charge in [0.25, 0.3) is 0 Å². The summed E-state index contributed by atoms with van der Waals surface area (Å²) in [6, 6.07) is 17.4. The normalized spacial score (nSPS) is 16.6. The summed E-state index contributed by atoms with van der Waals surface area (Å²) < 4.78 is 21.1. The van der Waals surface area contributed by atoms with Crippen molar-refractivity contribution in [1.82, 2.24) is 9.47 Å². The summed E-state index contributed by atoms with van der Waals surface area (Å²) in [4.78, 5) is 17.2. The largest absolute Gasteiger partial charge is 0.497 e. The van der Waals surface area contributed by atoms with Crippen LogP contribution in [0.4, 0.5) is 14.9 Å². The highest BCUT2D eigenvalue weighted by atomic mass is 32.1. The van der Waals surface area contributed by atoms with Crippen LogP contribution in [0.15, 0.2) is 66.9 Å². The third kappa shape index (κ3) is 3.90. The van der Waals surface area contributed by atoms with E-state index in [4.69, 9.17) is 4.74 Å². The zero-order chi connectivity index (χ0) is 23.9. The van der Waals surface area contributed by atoms with Gasteiger partial charge in [-0.2, -0.15) is 0 Å². The number of hydrogen-bond donors (Lipinski definition) is 1. The molecule has 35 heavy (non-hydrogen) atoms. The zero-order valence-corrected chi connectivity index (χ0v) is 20.3. The Hall–Kier alpha value is -3.58. The van der Waals surface area contributed by atoms with Crippen molar-refractivity contribution in [2.45, 2.75) is 38.3 Å². The number of benzene rings is 2. The van der Waals surface area contributed by atoms with Crippen molar-refractivity contribution in [2.75, 3.05) is 12.4 Å². The fraction of sp³-hybridized carbons (Fsp3) is 0.250. The number of amides is 2. The minimum atomic E-state index is -0.332. The van der Waals surface area contributed by atoms with E-state index < -0.39 is 0 Å². The molecular formula is C28H26FN3O2S. The van der Waals surface area contributed by atoms with Crippen LogP contribution in [0, 0.1) is 5.82 Å². The first kappa shape index (κ1) is 21.9. The lowest BCUT2D eigenvalue weighted by atomic mass is 9.95. The minimum Gasteiger partial charge on any atom is -0.497 e. The molecule has 0 unspecified atom stereocenters. The second kappa shape index (κ2) is 8.89. The topological polar surface area (TPSA) is 46.5 Å². The molecule has 4 aromatic rings. The average Bonchev–Trinajstić information content (AvgIpc) is 3.47. The zero-order valence-electron chi connectivity index (χ0n) is 19.5. The van der Waals surface area contributed by atoms with Gasteiger partial charge in [0.1, 0.15) is 16.6 Å². The van der Waals surface area contributed by atoms with E-state index in [-0.39, 0.29) is 17.9 Å². The summed E-state index contributed by atoms with van der Waals surface area (Å²) in [5.74, 6) is 0.439. The van der Waals surface area contributed by atoms with Gasteiger partial charge in [-0.15, -0.1) is 11.3 Å². The number of halogens is 1. The van der Waals surface area contributed by atoms with Gasteiger partial charge in [0.2, 0.25) is 0 Å². The van der Waals surface area contributed by atoms with Crippen molar-refractivity contribution < 1.29 is 13.9 Å². The van der Waals surface area contributed by atoms with Gasteiger partial charge in [0.05, 0.1) is 25.4 Å². The van der Waals surface area contributed by atoms with Crippen molar-refractivity contribution in [3.63, 3.8) is 0 Å². The van der Waals surface area contributed by atoms with Gasteiger partial charge in [0.15, 0.2) is 0 Å². The van der Waals surface area contributed by atoms with Crippen LogP contribution in [0.1, 0.15) is 46.1 Å². The second-order valence-electron chi connectivity index (χ2n) is 9.04. The lowest BCUT2D eigenvalue weighted by Gasteiger charge is -2.31. The van der Waals surface area contributed by atoms with Gasteiger partial charge in [-0.25, -0.2) is 9.18 Å². The standard InChI is InChI=1S/C28H26FN3O2S/c1-34-21-14-8-18(9-15-21)26-24-6-4-16-31(24)27-23(22-5-2-3-7-25(22)35-27)17-32(26)28(33)30-20-12-10-19(29)11-13-20/h4,6,8-16,26H,2-3,5,7,17H2,1H3,(H,30,33)/t26-/m0/s1. The molecule has 7 heteroatoms. The Morgan fingerprint density at radius 3 is 2.57 bits per heavy atom. The molecule has 0 saturated heterocycles. The molecule has 1 N–H and O–H groups in total. The molecule has 1 aliphatic carbocycles. The van der Waals surface area contributed by atoms with Crippen molar-refractivity contribution in [3.8, 4) is 10.8 Å². The van der Waals surface area contributed by atoms with E-state index in [1.165, 1.54) is 46.0 Å². The van der Waals surface area contributed by atoms with Crippen LogP contribution in [0.2, 0.25) is 0 Å². The number of fused-ring (bicyclic) bond motifs is 5. The number of urea groups is 1. The summed E-state index contributed by atoms with van der Waals surface area (Å²) in [5, 5.41) is 4.22. The third-order valence-corrected chi connectivity index (χ3v) is 8.30. The maximum atomic E-state index is 13.8. The number of ether oxygens (including phenoxy) is 1. The third-order valence-electron chi connectivity index (χ3n) is 6.97. The van der Waals surface area contributed by atoms with Gasteiger partial charge in [-0.05, 0) is 85.3 Å². The van der Waals surface area contributed by atoms with Gasteiger partial charge in [0, 0.05) is 22.3 Å². The van der Waals surface area contributed by atoms with Crippen LogP contribution in [0.3, 0.4) is 0 Å². The molecule has 1 aliphatic heterocycles. The van der Waals surface area contributed by atoms with Crippen LogP contribution in [0.5, 0.6) is 5.75 Å². The molecule has 0 saturated carbocycles. The lowest BCUT2D eigenvalue weighted by Crippen LogP contribution is -2.38. The van der Waals surface area contributed by atoms with Crippen LogP contribution >= 0.6 is 11.3 Å². The van der Waals surface area contributed by atoms with E-state index >= 15 is 0 Å². The van der Waals surface area contributed by atoms with Crippen LogP contribution in [-0.4, -0.2) is 22.6 Å². The number of carbonyl (C=O) groups is 1. The van der Waals surface area contributed by atoms with Gasteiger partial charge < -0.3 is 19.5 Å². The molecule has 0 radical (unpaired) electrons. The highest BCUT2D eigenvalue weighted by Gasteiger charge is 2.36. The molecular weight excluding hydrogens is 461 g/mol. The molecule has 2 aliphatic rings. The number of thiophene rings is 1. The van der Waals surface area contributed by atoms with Gasteiger partial charge in [-0.3, -0.25) is 0 Å². The van der Waals surface area contributed by atoms with Crippen LogP contribution in [0.25, 0.3) is 5.00 Å². The summed E-state index contributed by atoms with van der Waals surface area (Å²) in [5.41, 5.74) is 5.26. The number of anilines is 1. The van der Waals surface area contributed by atoms with E-state index in [1.807, 2.05) is 40.5 Å². The first-order valence-electron chi connectivity index (χ1n) is 11.9. The maximum absolute atomic E-state index is 13.8. The highest BCUT2D eigenvalue weighted by molar-refractivity contribution is 7.15. The maximum Gasteiger partial charge on any atom is 0.322 e. The number of aromatic nitrogens is 1. The van der Waals surface area contributed by atoms with Crippen molar-refractivity contribution in [1.29, 1.82) is 0 Å². The Bertz CT molecular complexity index is 1370. The SMILES string of the molecule is COc1ccc([C@H]2c3cccn3-c3sc4c(c3CN2C(=O)Nc2ccc(F)cc2)CCCC4)cc1. The highest BCUT2D eigenvalue weighted by Crippen LogP contribution is 2.44. The Balaban J connectivity index is 1.48. The molecule has 1 atom stereocenters. The van der Waals surface area contributed by atoms with E-state index in [1.54, 1.807) is 19.2 Å². The number of aryl methyl sites for hydroxylation is 1. The van der Waals surface area contributed by atoms with Crippen molar-refractivity contribution in [2.24, 2.45) is 0 Å². The summed E-state index contributed by atoms with van der Waals surface area (Å²) in [6.45, 7) is 0.507. The average molecular weight is 488 g/mol. The predicted molar refractivity (Wildman–Crippen MR) is 136 cm³/mol. The fourth-order valence-corrected chi connectivity index (χ4v) is 6.66. The van der Waals surface area contributed by atoms with Crippen LogP contribution in [-0.2, 0) is 19.4 Å². The quantitative estimate of drug-likeness (QED) is 0.349. The number of nitrogens with zero attached hydrogens (tertiary/aromatic N) is 2. The van der Waals surface area contributed by atoms with E-state index in [9.17, 15) is 9.18 Å². The van der Waals surface area contributed by atoms with Crippen molar-refractivity contribution >= 4 is 23.1 Å². The molecule has 2 amide bonds. The minimum absolute atomic E-state index is 0.214. The molecule has 2 aromatic carbocycles. The van der Waals surface area contributed by atoms with Crippen molar-refractivity contribution in [3.05, 3.63) is 99.9 Å². The number of nitrogens with one attached hydrogen (secondary N) is 1. The smallest absolute Gasteiger partial charge is 0.322 e. The number of carbonyl (C=O) groups excluding carboxylic acids is 1. The number of rotatable bonds is 3. The molecule has 0 fully saturated rings. The monoisotopic (exact) mass is 487 g/mol.